The highest BCUT2D eigenvalue weighted by Crippen LogP contribution is 2.08. The molecule has 2 nitrogen and oxygen atoms in total. The van der Waals surface area contributed by atoms with E-state index < -0.39 is 0 Å². The quantitative estimate of drug-likeness (QED) is 0.674. The normalized spacial score (nSPS) is 9.33. The number of hydrogen-bond acceptors (Lipinski definition) is 1. The summed E-state index contributed by atoms with van der Waals surface area (Å²) in [7, 11) is 0. The van der Waals surface area contributed by atoms with Crippen molar-refractivity contribution >= 4 is 0 Å². The van der Waals surface area contributed by atoms with Gasteiger partial charge in [-0.2, -0.15) is 0 Å². The van der Waals surface area contributed by atoms with Crippen LogP contribution in [0.1, 0.15) is 5.56 Å². The molecule has 0 saturated heterocycles. The molecule has 1 heterocycles. The Morgan fingerprint density at radius 3 is 2.13 bits per heavy atom. The number of pyridine rings is 1. The van der Waals surface area contributed by atoms with Gasteiger partial charge in [-0.05, 0) is 24.3 Å². The number of nitrogens with zero attached hydrogens (tertiary/aromatic N) is 1. The van der Waals surface area contributed by atoms with Crippen LogP contribution in [0, 0.1) is 0 Å². The largest absolute Gasteiger partial charge is 1.00 e. The fourth-order valence-electron chi connectivity index (χ4n) is 1.35. The van der Waals surface area contributed by atoms with Gasteiger partial charge in [0.2, 0.25) is 0 Å². The Morgan fingerprint density at radius 1 is 0.933 bits per heavy atom. The van der Waals surface area contributed by atoms with Gasteiger partial charge in [0.15, 0.2) is 18.9 Å². The maximum absolute atomic E-state index is 9.12. The maximum atomic E-state index is 9.12. The van der Waals surface area contributed by atoms with Crippen LogP contribution < -0.4 is 21.5 Å². The zero-order valence-electron chi connectivity index (χ0n) is 8.18. The van der Waals surface area contributed by atoms with Gasteiger partial charge in [-0.15, -0.1) is 0 Å². The lowest BCUT2D eigenvalue weighted by Gasteiger charge is -1.97. The van der Waals surface area contributed by atoms with E-state index in [1.165, 1.54) is 5.56 Å². The van der Waals surface area contributed by atoms with Gasteiger partial charge in [-0.25, -0.2) is 4.57 Å². The molecule has 3 heteroatoms. The van der Waals surface area contributed by atoms with Crippen LogP contribution in [0.25, 0.3) is 0 Å². The molecule has 78 valence electrons. The minimum absolute atomic E-state index is 0. The second kappa shape index (κ2) is 5.51. The zero-order valence-corrected chi connectivity index (χ0v) is 9.76. The van der Waals surface area contributed by atoms with Gasteiger partial charge in [-0.3, -0.25) is 0 Å². The fourth-order valence-corrected chi connectivity index (χ4v) is 1.35. The molecule has 0 fully saturated rings. The van der Waals surface area contributed by atoms with E-state index in [0.717, 1.165) is 6.54 Å². The average Bonchev–Trinajstić information content (AvgIpc) is 2.23. The average molecular weight is 266 g/mol. The van der Waals surface area contributed by atoms with Gasteiger partial charge >= 0.3 is 0 Å². The summed E-state index contributed by atoms with van der Waals surface area (Å²) in [5.41, 5.74) is 1.18. The number of phenols is 1. The summed E-state index contributed by atoms with van der Waals surface area (Å²) in [5, 5.41) is 9.12. The van der Waals surface area contributed by atoms with Crippen LogP contribution in [0.4, 0.5) is 0 Å². The minimum Gasteiger partial charge on any atom is -1.00 e. The maximum Gasteiger partial charge on any atom is 0.173 e. The second-order valence-electron chi connectivity index (χ2n) is 3.21. The van der Waals surface area contributed by atoms with Gasteiger partial charge in [0.1, 0.15) is 5.75 Å². The number of halogens is 1. The third-order valence-electron chi connectivity index (χ3n) is 2.08. The Morgan fingerprint density at radius 2 is 1.53 bits per heavy atom. The predicted molar refractivity (Wildman–Crippen MR) is 53.8 cm³/mol. The minimum atomic E-state index is 0. The van der Waals surface area contributed by atoms with Crippen molar-refractivity contribution in [1.82, 2.24) is 0 Å². The number of aromatic nitrogens is 1. The molecule has 2 aromatic rings. The van der Waals surface area contributed by atoms with E-state index in [1.54, 1.807) is 12.1 Å². The first kappa shape index (κ1) is 11.7. The van der Waals surface area contributed by atoms with E-state index in [0.29, 0.717) is 5.75 Å². The summed E-state index contributed by atoms with van der Waals surface area (Å²) in [6.45, 7) is 0.834. The van der Waals surface area contributed by atoms with Crippen molar-refractivity contribution in [3.05, 3.63) is 60.4 Å². The van der Waals surface area contributed by atoms with Crippen molar-refractivity contribution in [2.45, 2.75) is 6.54 Å². The topological polar surface area (TPSA) is 24.1 Å². The molecule has 0 unspecified atom stereocenters. The monoisotopic (exact) mass is 265 g/mol. The first-order valence-electron chi connectivity index (χ1n) is 4.56. The van der Waals surface area contributed by atoms with E-state index >= 15 is 0 Å². The van der Waals surface area contributed by atoms with E-state index in [1.807, 2.05) is 42.7 Å². The number of phenolic OH excluding ortho intramolecular Hbond substituents is 1. The zero-order chi connectivity index (χ0) is 9.80. The molecule has 0 aliphatic rings. The van der Waals surface area contributed by atoms with Crippen LogP contribution >= 0.6 is 0 Å². The standard InChI is InChI=1S/C12H11NO.BrH/c14-12-6-4-11(5-7-12)10-13-8-2-1-3-9-13;/h1-9H,10H2;1H. The summed E-state index contributed by atoms with van der Waals surface area (Å²) in [4.78, 5) is 0. The van der Waals surface area contributed by atoms with Gasteiger partial charge in [0.05, 0.1) is 0 Å². The van der Waals surface area contributed by atoms with E-state index in [-0.39, 0.29) is 17.0 Å². The fraction of sp³-hybridized carbons (Fsp3) is 0.0833. The molecule has 1 aromatic heterocycles. The van der Waals surface area contributed by atoms with Crippen molar-refractivity contribution in [3.8, 4) is 5.75 Å². The highest BCUT2D eigenvalue weighted by molar-refractivity contribution is 5.25. The van der Waals surface area contributed by atoms with Crippen LogP contribution in [0.2, 0.25) is 0 Å². The molecule has 0 aliphatic heterocycles. The first-order chi connectivity index (χ1) is 6.84. The molecule has 0 aliphatic carbocycles. The van der Waals surface area contributed by atoms with Crippen LogP contribution in [-0.2, 0) is 6.54 Å². The third kappa shape index (κ3) is 3.36. The van der Waals surface area contributed by atoms with Gasteiger partial charge < -0.3 is 22.1 Å². The number of hydrogen-bond donors (Lipinski definition) is 1. The van der Waals surface area contributed by atoms with Crippen LogP contribution in [0.3, 0.4) is 0 Å². The molecular formula is C12H12BrNO. The molecule has 0 spiro atoms. The van der Waals surface area contributed by atoms with Gasteiger partial charge in [0, 0.05) is 17.7 Å². The summed E-state index contributed by atoms with van der Waals surface area (Å²) in [6.07, 6.45) is 4.04. The lowest BCUT2D eigenvalue weighted by Crippen LogP contribution is -3.00. The SMILES string of the molecule is Oc1ccc(C[n+]2ccccc2)cc1.[Br-]. The van der Waals surface area contributed by atoms with Crippen molar-refractivity contribution in [2.24, 2.45) is 0 Å². The lowest BCUT2D eigenvalue weighted by atomic mass is 10.2. The number of aromatic hydroxyl groups is 1. The Labute approximate surface area is 99.6 Å². The molecule has 0 radical (unpaired) electrons. The predicted octanol–water partition coefficient (Wildman–Crippen LogP) is -1.27. The van der Waals surface area contributed by atoms with Crippen molar-refractivity contribution in [3.63, 3.8) is 0 Å². The van der Waals surface area contributed by atoms with E-state index in [9.17, 15) is 0 Å². The highest BCUT2D eigenvalue weighted by Gasteiger charge is 2.00. The van der Waals surface area contributed by atoms with Gasteiger partial charge in [-0.1, -0.05) is 6.07 Å². The molecule has 1 aromatic carbocycles. The molecule has 0 bridgehead atoms. The molecule has 15 heavy (non-hydrogen) atoms. The molecule has 0 amide bonds. The van der Waals surface area contributed by atoms with Crippen molar-refractivity contribution in [2.75, 3.05) is 0 Å². The summed E-state index contributed by atoms with van der Waals surface area (Å²) < 4.78 is 2.09. The number of rotatable bonds is 2. The molecule has 1 N–H and O–H groups in total. The Bertz CT molecular complexity index is 400. The lowest BCUT2D eigenvalue weighted by molar-refractivity contribution is -0.688. The molecule has 0 saturated carbocycles. The van der Waals surface area contributed by atoms with E-state index in [4.69, 9.17) is 5.11 Å². The van der Waals surface area contributed by atoms with Crippen molar-refractivity contribution in [1.29, 1.82) is 0 Å². The Balaban J connectivity index is 0.00000112. The Kier molecular flexibility index (Phi) is 4.31. The second-order valence-corrected chi connectivity index (χ2v) is 3.21. The number of benzene rings is 1. The third-order valence-corrected chi connectivity index (χ3v) is 2.08. The molecular weight excluding hydrogens is 254 g/mol. The van der Waals surface area contributed by atoms with Crippen molar-refractivity contribution < 1.29 is 26.7 Å². The highest BCUT2D eigenvalue weighted by atomic mass is 79.9. The van der Waals surface area contributed by atoms with Crippen LogP contribution in [0.5, 0.6) is 5.75 Å². The summed E-state index contributed by atoms with van der Waals surface area (Å²) in [6, 6.07) is 13.3. The Hall–Kier alpha value is -1.35. The van der Waals surface area contributed by atoms with Crippen LogP contribution in [-0.4, -0.2) is 5.11 Å². The first-order valence-corrected chi connectivity index (χ1v) is 4.56. The summed E-state index contributed by atoms with van der Waals surface area (Å²) >= 11 is 0. The molecule has 0 atom stereocenters. The smallest absolute Gasteiger partial charge is 0.173 e. The van der Waals surface area contributed by atoms with Gasteiger partial charge in [0.25, 0.3) is 0 Å². The van der Waals surface area contributed by atoms with E-state index in [2.05, 4.69) is 4.57 Å². The van der Waals surface area contributed by atoms with Crippen LogP contribution in [0.15, 0.2) is 54.9 Å². The summed E-state index contributed by atoms with van der Waals surface area (Å²) in [5.74, 6) is 0.312. The molecule has 2 rings (SSSR count).